The van der Waals surface area contributed by atoms with E-state index in [2.05, 4.69) is 5.32 Å². The van der Waals surface area contributed by atoms with Gasteiger partial charge in [0.15, 0.2) is 0 Å². The molecule has 0 unspecified atom stereocenters. The Hall–Kier alpha value is -2.33. The van der Waals surface area contributed by atoms with Crippen LogP contribution in [0.1, 0.15) is 23.1 Å². The fourth-order valence-corrected chi connectivity index (χ4v) is 3.29. The van der Waals surface area contributed by atoms with Crippen LogP contribution in [0.15, 0.2) is 36.4 Å². The van der Waals surface area contributed by atoms with Crippen molar-refractivity contribution in [3.05, 3.63) is 58.1 Å². The van der Waals surface area contributed by atoms with Crippen molar-refractivity contribution in [1.29, 1.82) is 0 Å². The molecule has 4 nitrogen and oxygen atoms in total. The van der Waals surface area contributed by atoms with Crippen molar-refractivity contribution in [2.45, 2.75) is 27.2 Å². The van der Waals surface area contributed by atoms with E-state index >= 15 is 0 Å². The lowest BCUT2D eigenvalue weighted by molar-refractivity contribution is -0.122. The highest BCUT2D eigenvalue weighted by Gasteiger charge is 2.35. The zero-order valence-corrected chi connectivity index (χ0v) is 15.4. The molecular formula is C20H21ClN2O2. The minimum absolute atomic E-state index is 0.0541. The molecule has 1 N–H and O–H groups in total. The second kappa shape index (κ2) is 6.89. The molecule has 5 heteroatoms. The zero-order valence-electron chi connectivity index (χ0n) is 14.6. The van der Waals surface area contributed by atoms with Crippen molar-refractivity contribution in [1.82, 2.24) is 0 Å². The third-order valence-electron chi connectivity index (χ3n) is 4.69. The fraction of sp³-hybridized carbons (Fsp3) is 0.300. The fourth-order valence-electron chi connectivity index (χ4n) is 3.12. The quantitative estimate of drug-likeness (QED) is 0.893. The van der Waals surface area contributed by atoms with Gasteiger partial charge >= 0.3 is 0 Å². The Morgan fingerprint density at radius 1 is 1.12 bits per heavy atom. The molecule has 3 rings (SSSR count). The maximum Gasteiger partial charge on any atom is 0.229 e. The molecule has 0 radical (unpaired) electrons. The van der Waals surface area contributed by atoms with Gasteiger partial charge in [-0.25, -0.2) is 0 Å². The summed E-state index contributed by atoms with van der Waals surface area (Å²) in [6, 6.07) is 11.4. The number of benzene rings is 2. The first-order valence-corrected chi connectivity index (χ1v) is 8.68. The average Bonchev–Trinajstić information content (AvgIpc) is 2.95. The Bertz CT molecular complexity index is 827. The molecule has 0 spiro atoms. The van der Waals surface area contributed by atoms with Gasteiger partial charge in [0.05, 0.1) is 5.92 Å². The average molecular weight is 357 g/mol. The van der Waals surface area contributed by atoms with Crippen molar-refractivity contribution in [2.24, 2.45) is 5.92 Å². The number of amides is 2. The highest BCUT2D eigenvalue weighted by molar-refractivity contribution is 6.31. The second-order valence-corrected chi connectivity index (χ2v) is 7.00. The van der Waals surface area contributed by atoms with E-state index in [9.17, 15) is 9.59 Å². The van der Waals surface area contributed by atoms with Crippen LogP contribution in [-0.4, -0.2) is 18.4 Å². The molecule has 0 bridgehead atoms. The largest absolute Gasteiger partial charge is 0.325 e. The summed E-state index contributed by atoms with van der Waals surface area (Å²) >= 11 is 6.16. The zero-order chi connectivity index (χ0) is 18.1. The van der Waals surface area contributed by atoms with E-state index in [1.165, 1.54) is 0 Å². The Kier molecular flexibility index (Phi) is 4.82. The molecule has 1 heterocycles. The number of anilines is 2. The van der Waals surface area contributed by atoms with Crippen molar-refractivity contribution >= 4 is 34.8 Å². The number of hydrogen-bond acceptors (Lipinski definition) is 2. The van der Waals surface area contributed by atoms with E-state index in [0.29, 0.717) is 11.6 Å². The van der Waals surface area contributed by atoms with Crippen molar-refractivity contribution in [3.63, 3.8) is 0 Å². The van der Waals surface area contributed by atoms with Crippen LogP contribution in [0.5, 0.6) is 0 Å². The number of aryl methyl sites for hydroxylation is 3. The number of nitrogens with one attached hydrogen (secondary N) is 1. The van der Waals surface area contributed by atoms with Gasteiger partial charge in [-0.15, -0.1) is 0 Å². The molecule has 1 fully saturated rings. The van der Waals surface area contributed by atoms with Crippen LogP contribution in [0.3, 0.4) is 0 Å². The Morgan fingerprint density at radius 2 is 1.80 bits per heavy atom. The second-order valence-electron chi connectivity index (χ2n) is 6.59. The summed E-state index contributed by atoms with van der Waals surface area (Å²) < 4.78 is 0. The summed E-state index contributed by atoms with van der Waals surface area (Å²) in [6.45, 7) is 6.21. The van der Waals surface area contributed by atoms with Crippen LogP contribution in [0, 0.1) is 26.7 Å². The first-order valence-electron chi connectivity index (χ1n) is 8.30. The minimum Gasteiger partial charge on any atom is -0.325 e. The van der Waals surface area contributed by atoms with Gasteiger partial charge < -0.3 is 10.2 Å². The van der Waals surface area contributed by atoms with Gasteiger partial charge in [0.1, 0.15) is 0 Å². The summed E-state index contributed by atoms with van der Waals surface area (Å²) in [6.07, 6.45) is 0.211. The molecule has 0 aromatic heterocycles. The molecule has 0 saturated carbocycles. The van der Waals surface area contributed by atoms with E-state index < -0.39 is 0 Å². The summed E-state index contributed by atoms with van der Waals surface area (Å²) in [7, 11) is 0. The summed E-state index contributed by atoms with van der Waals surface area (Å²) in [5, 5.41) is 3.61. The van der Waals surface area contributed by atoms with Crippen LogP contribution in [0.2, 0.25) is 5.02 Å². The molecule has 1 aliphatic heterocycles. The molecule has 25 heavy (non-hydrogen) atoms. The lowest BCUT2D eigenvalue weighted by atomic mass is 10.1. The topological polar surface area (TPSA) is 49.4 Å². The molecule has 1 saturated heterocycles. The van der Waals surface area contributed by atoms with E-state index in [0.717, 1.165) is 28.1 Å². The third-order valence-corrected chi connectivity index (χ3v) is 5.10. The Labute approximate surface area is 152 Å². The number of hydrogen-bond donors (Lipinski definition) is 1. The maximum atomic E-state index is 12.6. The lowest BCUT2D eigenvalue weighted by Gasteiger charge is -2.18. The van der Waals surface area contributed by atoms with E-state index in [-0.39, 0.29) is 24.2 Å². The van der Waals surface area contributed by atoms with Crippen molar-refractivity contribution in [2.75, 3.05) is 16.8 Å². The molecule has 130 valence electrons. The minimum atomic E-state index is -0.369. The number of para-hydroxylation sites is 1. The number of carbonyl (C=O) groups excluding carboxylic acids is 2. The van der Waals surface area contributed by atoms with Crippen LogP contribution in [0.25, 0.3) is 0 Å². The molecule has 1 atom stereocenters. The standard InChI is InChI=1S/C20H21ClN2O2/c1-12-7-8-16(10-17(12)21)23-11-15(9-18(23)24)20(25)22-19-13(2)5-4-6-14(19)3/h4-8,10,15H,9,11H2,1-3H3,(H,22,25)/t15-/m0/s1. The van der Waals surface area contributed by atoms with Gasteiger partial charge in [-0.2, -0.15) is 0 Å². The van der Waals surface area contributed by atoms with Gasteiger partial charge in [-0.1, -0.05) is 35.9 Å². The molecule has 2 aromatic carbocycles. The molecule has 2 aromatic rings. The summed E-state index contributed by atoms with van der Waals surface area (Å²) in [5.74, 6) is -0.542. The summed E-state index contributed by atoms with van der Waals surface area (Å²) in [5.41, 5.74) is 4.56. The highest BCUT2D eigenvalue weighted by atomic mass is 35.5. The molecule has 1 aliphatic rings. The Balaban J connectivity index is 1.75. The predicted octanol–water partition coefficient (Wildman–Crippen LogP) is 4.26. The normalized spacial score (nSPS) is 17.0. The van der Waals surface area contributed by atoms with E-state index in [1.54, 1.807) is 11.0 Å². The van der Waals surface area contributed by atoms with Gasteiger partial charge in [0, 0.05) is 29.4 Å². The summed E-state index contributed by atoms with van der Waals surface area (Å²) in [4.78, 5) is 26.7. The van der Waals surface area contributed by atoms with Crippen LogP contribution in [0.4, 0.5) is 11.4 Å². The van der Waals surface area contributed by atoms with Crippen LogP contribution < -0.4 is 10.2 Å². The van der Waals surface area contributed by atoms with E-state index in [4.69, 9.17) is 11.6 Å². The first-order chi connectivity index (χ1) is 11.9. The van der Waals surface area contributed by atoms with E-state index in [1.807, 2.05) is 51.1 Å². The molecule has 0 aliphatic carbocycles. The molecule has 2 amide bonds. The SMILES string of the molecule is Cc1ccc(N2C[C@@H](C(=O)Nc3c(C)cccc3C)CC2=O)cc1Cl. The van der Waals surface area contributed by atoms with Crippen LogP contribution >= 0.6 is 11.6 Å². The monoisotopic (exact) mass is 356 g/mol. The van der Waals surface area contributed by atoms with Gasteiger partial charge in [0.25, 0.3) is 0 Å². The van der Waals surface area contributed by atoms with Gasteiger partial charge in [0.2, 0.25) is 11.8 Å². The lowest BCUT2D eigenvalue weighted by Crippen LogP contribution is -2.28. The van der Waals surface area contributed by atoms with Crippen molar-refractivity contribution in [3.8, 4) is 0 Å². The first kappa shape index (κ1) is 17.5. The van der Waals surface area contributed by atoms with Crippen LogP contribution in [-0.2, 0) is 9.59 Å². The highest BCUT2D eigenvalue weighted by Crippen LogP contribution is 2.30. The maximum absolute atomic E-state index is 12.6. The van der Waals surface area contributed by atoms with Crippen molar-refractivity contribution < 1.29 is 9.59 Å². The number of halogens is 1. The predicted molar refractivity (Wildman–Crippen MR) is 101 cm³/mol. The smallest absolute Gasteiger partial charge is 0.229 e. The molecular weight excluding hydrogens is 336 g/mol. The number of carbonyl (C=O) groups is 2. The number of rotatable bonds is 3. The Morgan fingerprint density at radius 3 is 2.44 bits per heavy atom. The third kappa shape index (κ3) is 3.54. The van der Waals surface area contributed by atoms with Gasteiger partial charge in [-0.3, -0.25) is 9.59 Å². The van der Waals surface area contributed by atoms with Gasteiger partial charge in [-0.05, 0) is 49.6 Å². The number of nitrogens with zero attached hydrogens (tertiary/aromatic N) is 1.